The van der Waals surface area contributed by atoms with Crippen LogP contribution in [0.2, 0.25) is 0 Å². The maximum absolute atomic E-state index is 13.6. The highest BCUT2D eigenvalue weighted by molar-refractivity contribution is 6.43. The van der Waals surface area contributed by atoms with E-state index >= 15 is 0 Å². The largest absolute Gasteiger partial charge is 0.507 e. The highest BCUT2D eigenvalue weighted by atomic mass is 16.5. The number of amides is 2. The Balaban J connectivity index is 0.000000338. The van der Waals surface area contributed by atoms with Crippen LogP contribution in [0.5, 0.6) is 11.5 Å². The fourth-order valence-electron chi connectivity index (χ4n) is 7.78. The fraction of sp³-hybridized carbons (Fsp3) is 0.571. The van der Waals surface area contributed by atoms with Crippen LogP contribution in [0.25, 0.3) is 0 Å². The summed E-state index contributed by atoms with van der Waals surface area (Å²) in [6.45, 7) is 28.2. The maximum Gasteiger partial charge on any atom is 0.314 e. The van der Waals surface area contributed by atoms with E-state index in [1.165, 1.54) is 0 Å². The molecule has 0 spiro atoms. The smallest absolute Gasteiger partial charge is 0.314 e. The summed E-state index contributed by atoms with van der Waals surface area (Å²) >= 11 is 0. The molecule has 1 saturated heterocycles. The summed E-state index contributed by atoms with van der Waals surface area (Å²) in [7, 11) is 2.17. The fourth-order valence-corrected chi connectivity index (χ4v) is 7.78. The van der Waals surface area contributed by atoms with Crippen molar-refractivity contribution in [1.29, 1.82) is 0 Å². The van der Waals surface area contributed by atoms with E-state index in [0.29, 0.717) is 35.9 Å². The first kappa shape index (κ1) is 48.0. The molecule has 3 aromatic carbocycles. The van der Waals surface area contributed by atoms with E-state index in [-0.39, 0.29) is 39.9 Å². The Bertz CT molecular complexity index is 1800. The van der Waals surface area contributed by atoms with Gasteiger partial charge in [0.25, 0.3) is 0 Å². The summed E-state index contributed by atoms with van der Waals surface area (Å²) in [5.41, 5.74) is 4.67. The average Bonchev–Trinajstić information content (AvgIpc) is 3.13. The molecule has 3 N–H and O–H groups in total. The van der Waals surface area contributed by atoms with Crippen molar-refractivity contribution in [3.05, 3.63) is 82.9 Å². The van der Waals surface area contributed by atoms with Crippen molar-refractivity contribution in [2.75, 3.05) is 24.3 Å². The minimum absolute atomic E-state index is 0.0220. The molecule has 1 aliphatic heterocycles. The van der Waals surface area contributed by atoms with Gasteiger partial charge in [0.05, 0.1) is 18.2 Å². The maximum atomic E-state index is 13.6. The van der Waals surface area contributed by atoms with Crippen LogP contribution in [0.3, 0.4) is 0 Å². The summed E-state index contributed by atoms with van der Waals surface area (Å²) in [6, 6.07) is 18.6. The Kier molecular flexibility index (Phi) is 16.6. The molecule has 1 atom stereocenters. The first-order chi connectivity index (χ1) is 26.9. The molecule has 0 saturated carbocycles. The number of phenolic OH excluding ortho intramolecular Hbond substituents is 1. The zero-order chi connectivity index (χ0) is 43.6. The van der Waals surface area contributed by atoms with E-state index in [9.17, 15) is 19.5 Å². The van der Waals surface area contributed by atoms with E-state index in [2.05, 4.69) is 111 Å². The summed E-state index contributed by atoms with van der Waals surface area (Å²) in [4.78, 5) is 40.2. The molecule has 3 aromatic rings. The highest BCUT2D eigenvalue weighted by Gasteiger charge is 2.45. The van der Waals surface area contributed by atoms with Crippen molar-refractivity contribution in [1.82, 2.24) is 4.90 Å². The van der Waals surface area contributed by atoms with Crippen molar-refractivity contribution in [3.63, 3.8) is 0 Å². The standard InChI is InChI=1S/C31H53NO3.C18H20N2O3/c1-13-14-15-22(27(34)35-23-19-30(8,9)32(12)31(10,11)20-23)16-21-17-24(28(2,3)4)26(33)25(18-21)29(5,6)7;1-3-13-9-5-6-10-14(13)19-17(21)18(22)20-15-11-7-8-12-16(15)23-4-2/h17-18,22-23,33H,13-16,19-20H2,1-12H3;5-12H,3-4H2,1-2H3,(H,19,21)(H,20,22). The topological polar surface area (TPSA) is 117 Å². The Hall–Kier alpha value is -4.37. The molecular formula is C49H73N3O6. The van der Waals surface area contributed by atoms with Gasteiger partial charge in [-0.05, 0) is 112 Å². The van der Waals surface area contributed by atoms with E-state index < -0.39 is 11.8 Å². The Morgan fingerprint density at radius 3 is 1.81 bits per heavy atom. The number of unbranched alkanes of at least 4 members (excludes halogenated alkanes) is 1. The number of benzene rings is 3. The van der Waals surface area contributed by atoms with Gasteiger partial charge in [-0.3, -0.25) is 19.3 Å². The van der Waals surface area contributed by atoms with E-state index in [0.717, 1.165) is 60.8 Å². The first-order valence-electron chi connectivity index (χ1n) is 21.2. The normalized spacial score (nSPS) is 16.0. The number of para-hydroxylation sites is 3. The molecule has 0 bridgehead atoms. The van der Waals surface area contributed by atoms with Gasteiger partial charge in [0.1, 0.15) is 17.6 Å². The minimum atomic E-state index is -0.733. The number of rotatable bonds is 12. The van der Waals surface area contributed by atoms with Crippen molar-refractivity contribution >= 4 is 29.2 Å². The molecule has 1 heterocycles. The lowest BCUT2D eigenvalue weighted by Crippen LogP contribution is -2.60. The molecule has 1 fully saturated rings. The number of likely N-dealkylation sites (tertiary alicyclic amines) is 1. The van der Waals surface area contributed by atoms with Crippen LogP contribution >= 0.6 is 0 Å². The second-order valence-corrected chi connectivity index (χ2v) is 19.1. The molecule has 1 unspecified atom stereocenters. The number of carbonyl (C=O) groups excluding carboxylic acids is 3. The molecule has 0 aromatic heterocycles. The van der Waals surface area contributed by atoms with Gasteiger partial charge >= 0.3 is 17.8 Å². The number of carbonyl (C=O) groups is 3. The third kappa shape index (κ3) is 13.1. The molecule has 58 heavy (non-hydrogen) atoms. The predicted molar refractivity (Wildman–Crippen MR) is 238 cm³/mol. The number of aryl methyl sites for hydroxylation is 1. The second kappa shape index (κ2) is 20.1. The van der Waals surface area contributed by atoms with Gasteiger partial charge in [0, 0.05) is 29.6 Å². The second-order valence-electron chi connectivity index (χ2n) is 19.1. The molecule has 320 valence electrons. The molecule has 0 radical (unpaired) electrons. The van der Waals surface area contributed by atoms with Crippen LogP contribution in [-0.4, -0.2) is 58.6 Å². The van der Waals surface area contributed by atoms with Crippen molar-refractivity contribution in [2.45, 2.75) is 163 Å². The molecule has 1 aliphatic rings. The van der Waals surface area contributed by atoms with Crippen LogP contribution in [-0.2, 0) is 42.8 Å². The number of esters is 1. The number of hydrogen-bond acceptors (Lipinski definition) is 7. The van der Waals surface area contributed by atoms with Gasteiger partial charge in [-0.2, -0.15) is 0 Å². The van der Waals surface area contributed by atoms with Gasteiger partial charge < -0.3 is 25.2 Å². The Labute approximate surface area is 349 Å². The molecule has 2 amide bonds. The Morgan fingerprint density at radius 2 is 1.31 bits per heavy atom. The van der Waals surface area contributed by atoms with Crippen LogP contribution in [0.4, 0.5) is 11.4 Å². The number of phenols is 1. The van der Waals surface area contributed by atoms with Crippen molar-refractivity contribution in [3.8, 4) is 11.5 Å². The van der Waals surface area contributed by atoms with Crippen LogP contribution in [0.1, 0.15) is 144 Å². The summed E-state index contributed by atoms with van der Waals surface area (Å²) < 4.78 is 11.7. The number of anilines is 2. The predicted octanol–water partition coefficient (Wildman–Crippen LogP) is 10.8. The number of nitrogens with zero attached hydrogens (tertiary/aromatic N) is 1. The Morgan fingerprint density at radius 1 is 0.810 bits per heavy atom. The number of hydrogen-bond donors (Lipinski definition) is 3. The van der Waals surface area contributed by atoms with Gasteiger partial charge in [-0.15, -0.1) is 0 Å². The van der Waals surface area contributed by atoms with Crippen LogP contribution in [0.15, 0.2) is 60.7 Å². The molecule has 9 heteroatoms. The highest BCUT2D eigenvalue weighted by Crippen LogP contribution is 2.41. The lowest BCUT2D eigenvalue weighted by molar-refractivity contribution is -0.164. The minimum Gasteiger partial charge on any atom is -0.507 e. The van der Waals surface area contributed by atoms with Gasteiger partial charge in [-0.1, -0.05) is 111 Å². The van der Waals surface area contributed by atoms with Gasteiger partial charge in [0.15, 0.2) is 0 Å². The van der Waals surface area contributed by atoms with Gasteiger partial charge in [-0.25, -0.2) is 0 Å². The average molecular weight is 800 g/mol. The number of piperidine rings is 1. The summed E-state index contributed by atoms with van der Waals surface area (Å²) in [6.07, 6.45) is 5.92. The zero-order valence-electron chi connectivity index (χ0n) is 38.0. The monoisotopic (exact) mass is 800 g/mol. The van der Waals surface area contributed by atoms with E-state index in [4.69, 9.17) is 9.47 Å². The number of aromatic hydroxyl groups is 1. The lowest BCUT2D eigenvalue weighted by atomic mass is 9.77. The summed E-state index contributed by atoms with van der Waals surface area (Å²) in [5.74, 6) is -0.768. The summed E-state index contributed by atoms with van der Waals surface area (Å²) in [5, 5.41) is 16.3. The van der Waals surface area contributed by atoms with Crippen LogP contribution < -0.4 is 15.4 Å². The molecule has 9 nitrogen and oxygen atoms in total. The van der Waals surface area contributed by atoms with Gasteiger partial charge in [0.2, 0.25) is 0 Å². The third-order valence-electron chi connectivity index (χ3n) is 11.3. The number of ether oxygens (including phenoxy) is 2. The van der Waals surface area contributed by atoms with Crippen molar-refractivity contribution < 1.29 is 29.0 Å². The van der Waals surface area contributed by atoms with E-state index in [1.807, 2.05) is 32.0 Å². The SMILES string of the molecule is CCCCC(Cc1cc(C(C)(C)C)c(O)c(C(C)(C)C)c1)C(=O)OC1CC(C)(C)N(C)C(C)(C)C1.CCOc1ccccc1NC(=O)C(=O)Nc1ccccc1CC. The number of nitrogens with one attached hydrogen (secondary N) is 2. The van der Waals surface area contributed by atoms with Crippen LogP contribution in [0, 0.1) is 5.92 Å². The quantitative estimate of drug-likeness (QED) is 0.123. The molecule has 0 aliphatic carbocycles. The lowest BCUT2D eigenvalue weighted by Gasteiger charge is -2.53. The first-order valence-corrected chi connectivity index (χ1v) is 21.2. The zero-order valence-corrected chi connectivity index (χ0v) is 38.0. The molecular weight excluding hydrogens is 727 g/mol. The molecule has 4 rings (SSSR count). The van der Waals surface area contributed by atoms with Crippen molar-refractivity contribution in [2.24, 2.45) is 5.92 Å². The third-order valence-corrected chi connectivity index (χ3v) is 11.3. The van der Waals surface area contributed by atoms with E-state index in [1.54, 1.807) is 30.3 Å².